The van der Waals surface area contributed by atoms with Crippen molar-refractivity contribution in [2.24, 2.45) is 5.73 Å². The third kappa shape index (κ3) is 13.7. The van der Waals surface area contributed by atoms with E-state index in [1.54, 1.807) is 0 Å². The Kier molecular flexibility index (Phi) is 9.72. The molecule has 0 aromatic rings. The lowest BCUT2D eigenvalue weighted by Gasteiger charge is -2.42. The number of hydrogen-bond donors (Lipinski definition) is 1. The maximum Gasteiger partial charge on any atom is 0.314 e. The molecule has 0 aliphatic rings. The second-order valence-corrected chi connectivity index (χ2v) is 29.6. The van der Waals surface area contributed by atoms with Crippen LogP contribution in [0.5, 0.6) is 0 Å². The van der Waals surface area contributed by atoms with Crippen molar-refractivity contribution in [3.63, 3.8) is 0 Å². The number of hydrogen-bond acceptors (Lipinski definition) is 5. The van der Waals surface area contributed by atoms with Crippen LogP contribution in [0.15, 0.2) is 0 Å². The Morgan fingerprint density at radius 3 is 1.36 bits per heavy atom. The van der Waals surface area contributed by atoms with E-state index in [2.05, 4.69) is 72.0 Å². The third-order valence-corrected chi connectivity index (χ3v) is 21.3. The Morgan fingerprint density at radius 1 is 0.560 bits per heavy atom. The summed E-state index contributed by atoms with van der Waals surface area (Å²) in [6.45, 7) is 24.7. The van der Waals surface area contributed by atoms with Crippen LogP contribution in [0.3, 0.4) is 0 Å². The van der Waals surface area contributed by atoms with Crippen molar-refractivity contribution >= 4 is 42.3 Å². The predicted molar refractivity (Wildman–Crippen MR) is 121 cm³/mol. The highest BCUT2D eigenvalue weighted by molar-refractivity contribution is 6.90. The fraction of sp³-hybridized carbons (Fsp3) is 1.00. The average Bonchev–Trinajstić information content (AvgIpc) is 2.18. The zero-order valence-corrected chi connectivity index (χ0v) is 23.5. The van der Waals surface area contributed by atoms with Crippen LogP contribution in [-0.4, -0.2) is 48.9 Å². The van der Waals surface area contributed by atoms with Crippen LogP contribution < -0.4 is 5.73 Å². The van der Waals surface area contributed by atoms with Gasteiger partial charge in [0.1, 0.15) is 0 Å². The largest absolute Gasteiger partial charge is 0.437 e. The number of nitrogens with two attached hydrogens (primary N) is 1. The average molecular weight is 442 g/mol. The summed E-state index contributed by atoms with van der Waals surface area (Å²) in [7, 11) is -10.1. The monoisotopic (exact) mass is 441 g/mol. The van der Waals surface area contributed by atoms with Gasteiger partial charge in [-0.25, -0.2) is 0 Å². The highest BCUT2D eigenvalue weighted by Crippen LogP contribution is 2.27. The molecule has 0 unspecified atom stereocenters. The number of unbranched alkanes of at least 4 members (excludes halogenated alkanes) is 1. The lowest BCUT2D eigenvalue weighted by Crippen LogP contribution is -2.58. The summed E-state index contributed by atoms with van der Waals surface area (Å²) in [4.78, 5) is 0. The molecule has 2 N–H and O–H groups in total. The van der Waals surface area contributed by atoms with Gasteiger partial charge in [0.2, 0.25) is 0 Å². The molecule has 0 aromatic heterocycles. The predicted octanol–water partition coefficient (Wildman–Crippen LogP) is 4.94. The molecule has 0 fully saturated rings. The van der Waals surface area contributed by atoms with E-state index in [4.69, 9.17) is 22.2 Å². The lowest BCUT2D eigenvalue weighted by atomic mass is 10.3. The zero-order chi connectivity index (χ0) is 20.2. The van der Waals surface area contributed by atoms with Gasteiger partial charge in [-0.3, -0.25) is 0 Å². The molecule has 0 aliphatic carbocycles. The van der Waals surface area contributed by atoms with Gasteiger partial charge >= 0.3 is 25.7 Å². The van der Waals surface area contributed by atoms with Gasteiger partial charge in [-0.15, -0.1) is 0 Å². The summed E-state index contributed by atoms with van der Waals surface area (Å²) in [5.74, 6) is 0. The quantitative estimate of drug-likeness (QED) is 0.343. The second kappa shape index (κ2) is 9.39. The summed E-state index contributed by atoms with van der Waals surface area (Å²) in [6, 6.07) is 1.13. The second-order valence-electron chi connectivity index (χ2n) is 9.73. The molecule has 0 aromatic carbocycles. The van der Waals surface area contributed by atoms with Crippen LogP contribution in [0.4, 0.5) is 0 Å². The topological polar surface area (TPSA) is 62.9 Å². The van der Waals surface area contributed by atoms with Gasteiger partial charge in [0.05, 0.1) is 0 Å². The van der Waals surface area contributed by atoms with Gasteiger partial charge in [-0.05, 0) is 91.0 Å². The molecule has 152 valence electrons. The van der Waals surface area contributed by atoms with Gasteiger partial charge in [-0.2, -0.15) is 0 Å². The first-order chi connectivity index (χ1) is 10.9. The first-order valence-electron chi connectivity index (χ1n) is 9.39. The van der Waals surface area contributed by atoms with Crippen LogP contribution in [-0.2, 0) is 16.5 Å². The molecule has 0 saturated heterocycles. The first kappa shape index (κ1) is 25.9. The van der Waals surface area contributed by atoms with E-state index in [1.165, 1.54) is 0 Å². The molecule has 0 amide bonds. The Bertz CT molecular complexity index is 411. The molecular weight excluding hydrogens is 399 g/mol. The molecule has 0 saturated carbocycles. The molecule has 0 heterocycles. The van der Waals surface area contributed by atoms with E-state index in [0.717, 1.165) is 25.4 Å². The van der Waals surface area contributed by atoms with Crippen LogP contribution in [0, 0.1) is 0 Å². The summed E-state index contributed by atoms with van der Waals surface area (Å²) in [5.41, 5.74) is 5.61. The third-order valence-electron chi connectivity index (χ3n) is 3.29. The van der Waals surface area contributed by atoms with Gasteiger partial charge in [0.25, 0.3) is 0 Å². The molecule has 5 nitrogen and oxygen atoms in total. The minimum Gasteiger partial charge on any atom is -0.437 e. The van der Waals surface area contributed by atoms with Gasteiger partial charge in [0, 0.05) is 0 Å². The molecule has 0 rings (SSSR count). The molecular formula is C15H43NO4Si5. The Balaban J connectivity index is 4.83. The summed E-state index contributed by atoms with van der Waals surface area (Å²) in [6.07, 6.45) is 2.21. The van der Waals surface area contributed by atoms with E-state index in [9.17, 15) is 0 Å². The van der Waals surface area contributed by atoms with Crippen LogP contribution in [0.25, 0.3) is 0 Å². The Labute approximate surface area is 162 Å². The van der Waals surface area contributed by atoms with Gasteiger partial charge in [-0.1, -0.05) is 6.42 Å². The highest BCUT2D eigenvalue weighted by atomic mass is 28.5. The van der Waals surface area contributed by atoms with E-state index in [1.807, 2.05) is 0 Å². The molecule has 25 heavy (non-hydrogen) atoms. The van der Waals surface area contributed by atoms with Crippen molar-refractivity contribution in [3.8, 4) is 0 Å². The van der Waals surface area contributed by atoms with Gasteiger partial charge in [0.15, 0.2) is 16.6 Å². The highest BCUT2D eigenvalue weighted by Gasteiger charge is 2.44. The maximum atomic E-state index is 6.58. The normalized spacial score (nSPS) is 14.9. The Hall–Kier alpha value is 0.884. The molecule has 0 radical (unpaired) electrons. The first-order valence-corrected chi connectivity index (χ1v) is 24.4. The maximum absolute atomic E-state index is 6.58. The lowest BCUT2D eigenvalue weighted by molar-refractivity contribution is 0.299. The fourth-order valence-corrected chi connectivity index (χ4v) is 27.2. The summed E-state index contributed by atoms with van der Waals surface area (Å²) in [5, 5.41) is 0. The standard InChI is InChI=1S/C15H43NO4Si5/c1-21(2,3)17-23(6,7)19-25(10,11)20-24(8,9)18-22(4,5)15-13-12-14-16/h12-16H2,1-11H3. The van der Waals surface area contributed by atoms with E-state index >= 15 is 0 Å². The molecule has 0 spiro atoms. The fourth-order valence-electron chi connectivity index (χ4n) is 3.40. The van der Waals surface area contributed by atoms with Crippen LogP contribution in [0.1, 0.15) is 12.8 Å². The molecule has 10 heteroatoms. The SMILES string of the molecule is C[Si](C)(C)O[Si](C)(C)O[Si](C)(C)O[Si](C)(C)O[Si](C)(C)CCCCN. The van der Waals surface area contributed by atoms with Crippen molar-refractivity contribution in [1.29, 1.82) is 0 Å². The Morgan fingerprint density at radius 2 is 0.960 bits per heavy atom. The molecule has 0 atom stereocenters. The van der Waals surface area contributed by atoms with Crippen molar-refractivity contribution in [3.05, 3.63) is 0 Å². The summed E-state index contributed by atoms with van der Waals surface area (Å²) < 4.78 is 25.9. The van der Waals surface area contributed by atoms with E-state index in [0.29, 0.717) is 0 Å². The van der Waals surface area contributed by atoms with Crippen molar-refractivity contribution in [1.82, 2.24) is 0 Å². The zero-order valence-electron chi connectivity index (χ0n) is 18.5. The van der Waals surface area contributed by atoms with E-state index < -0.39 is 42.3 Å². The van der Waals surface area contributed by atoms with Crippen molar-refractivity contribution < 1.29 is 16.5 Å². The van der Waals surface area contributed by atoms with Crippen LogP contribution >= 0.6 is 0 Å². The van der Waals surface area contributed by atoms with Crippen LogP contribution in [0.2, 0.25) is 78.1 Å². The van der Waals surface area contributed by atoms with Crippen molar-refractivity contribution in [2.75, 3.05) is 6.54 Å². The summed E-state index contributed by atoms with van der Waals surface area (Å²) >= 11 is 0. The van der Waals surface area contributed by atoms with Crippen molar-refractivity contribution in [2.45, 2.75) is 90.9 Å². The number of rotatable bonds is 12. The van der Waals surface area contributed by atoms with E-state index in [-0.39, 0.29) is 0 Å². The molecule has 0 bridgehead atoms. The minimum atomic E-state index is -2.31. The van der Waals surface area contributed by atoms with Gasteiger partial charge < -0.3 is 22.2 Å². The molecule has 0 aliphatic heterocycles. The minimum absolute atomic E-state index is 0.756. The smallest absolute Gasteiger partial charge is 0.314 e.